The number of aldehydes is 1. The first kappa shape index (κ1) is 11.7. The third kappa shape index (κ3) is 2.79. The highest BCUT2D eigenvalue weighted by Crippen LogP contribution is 2.21. The highest BCUT2D eigenvalue weighted by atomic mass is 16.5. The molecule has 0 spiro atoms. The first-order chi connectivity index (χ1) is 6.46. The van der Waals surface area contributed by atoms with Crippen LogP contribution in [0.4, 0.5) is 0 Å². The SMILES string of the molecule is CC1OCCC1N(C)CC(C)(C)C=O. The highest BCUT2D eigenvalue weighted by molar-refractivity contribution is 5.58. The minimum absolute atomic E-state index is 0.253. The monoisotopic (exact) mass is 199 g/mol. The standard InChI is InChI=1S/C11H21NO2/c1-9-10(5-6-14-9)12(4)7-11(2,3)8-13/h8-10H,5-7H2,1-4H3. The molecule has 0 amide bonds. The van der Waals surface area contributed by atoms with Crippen LogP contribution in [0.1, 0.15) is 27.2 Å². The average Bonchev–Trinajstić information content (AvgIpc) is 2.51. The van der Waals surface area contributed by atoms with Crippen LogP contribution >= 0.6 is 0 Å². The normalized spacial score (nSPS) is 28.4. The molecule has 0 saturated carbocycles. The summed E-state index contributed by atoms with van der Waals surface area (Å²) in [6.07, 6.45) is 2.40. The molecule has 2 unspecified atom stereocenters. The number of nitrogens with zero attached hydrogens (tertiary/aromatic N) is 1. The quantitative estimate of drug-likeness (QED) is 0.640. The van der Waals surface area contributed by atoms with Gasteiger partial charge in [-0.05, 0) is 20.4 Å². The zero-order valence-corrected chi connectivity index (χ0v) is 9.62. The van der Waals surface area contributed by atoms with Crippen molar-refractivity contribution in [1.82, 2.24) is 4.90 Å². The Kier molecular flexibility index (Phi) is 3.67. The van der Waals surface area contributed by atoms with Crippen molar-refractivity contribution < 1.29 is 9.53 Å². The number of likely N-dealkylation sites (N-methyl/N-ethyl adjacent to an activating group) is 1. The maximum absolute atomic E-state index is 10.8. The Balaban J connectivity index is 2.49. The molecule has 0 radical (unpaired) electrons. The molecule has 0 aliphatic carbocycles. The molecule has 3 nitrogen and oxygen atoms in total. The van der Waals surface area contributed by atoms with E-state index >= 15 is 0 Å². The van der Waals surface area contributed by atoms with E-state index in [9.17, 15) is 4.79 Å². The number of carbonyl (C=O) groups is 1. The van der Waals surface area contributed by atoms with Crippen molar-refractivity contribution in [1.29, 1.82) is 0 Å². The van der Waals surface area contributed by atoms with Gasteiger partial charge in [-0.25, -0.2) is 0 Å². The van der Waals surface area contributed by atoms with Crippen LogP contribution in [-0.4, -0.2) is 43.5 Å². The van der Waals surface area contributed by atoms with Gasteiger partial charge in [-0.15, -0.1) is 0 Å². The Labute approximate surface area is 86.4 Å². The Morgan fingerprint density at radius 3 is 2.64 bits per heavy atom. The van der Waals surface area contributed by atoms with Crippen LogP contribution in [0.15, 0.2) is 0 Å². The molecule has 0 bridgehead atoms. The van der Waals surface area contributed by atoms with Gasteiger partial charge in [0.15, 0.2) is 0 Å². The third-order valence-electron chi connectivity index (χ3n) is 2.88. The molecule has 3 heteroatoms. The van der Waals surface area contributed by atoms with E-state index in [2.05, 4.69) is 18.9 Å². The lowest BCUT2D eigenvalue weighted by molar-refractivity contribution is -0.115. The number of carbonyl (C=O) groups excluding carboxylic acids is 1. The summed E-state index contributed by atoms with van der Waals surface area (Å²) in [5, 5.41) is 0. The van der Waals surface area contributed by atoms with Crippen molar-refractivity contribution in [3.05, 3.63) is 0 Å². The fourth-order valence-electron chi connectivity index (χ4n) is 2.10. The van der Waals surface area contributed by atoms with Crippen LogP contribution in [0.25, 0.3) is 0 Å². The van der Waals surface area contributed by atoms with Crippen molar-refractivity contribution in [2.45, 2.75) is 39.3 Å². The first-order valence-corrected chi connectivity index (χ1v) is 5.24. The number of rotatable bonds is 4. The second kappa shape index (κ2) is 4.41. The molecule has 1 aliphatic rings. The van der Waals surface area contributed by atoms with E-state index in [-0.39, 0.29) is 5.41 Å². The van der Waals surface area contributed by atoms with E-state index < -0.39 is 0 Å². The summed E-state index contributed by atoms with van der Waals surface area (Å²) in [5.74, 6) is 0. The van der Waals surface area contributed by atoms with Gasteiger partial charge in [0, 0.05) is 24.6 Å². The van der Waals surface area contributed by atoms with Crippen LogP contribution in [-0.2, 0) is 9.53 Å². The molecule has 1 aliphatic heterocycles. The lowest BCUT2D eigenvalue weighted by Crippen LogP contribution is -2.42. The Bertz CT molecular complexity index is 203. The van der Waals surface area contributed by atoms with E-state index in [4.69, 9.17) is 4.74 Å². The zero-order chi connectivity index (χ0) is 10.8. The fourth-order valence-corrected chi connectivity index (χ4v) is 2.10. The van der Waals surface area contributed by atoms with E-state index in [0.29, 0.717) is 12.1 Å². The van der Waals surface area contributed by atoms with Crippen LogP contribution in [0.2, 0.25) is 0 Å². The Hall–Kier alpha value is -0.410. The van der Waals surface area contributed by atoms with Gasteiger partial charge in [0.2, 0.25) is 0 Å². The minimum Gasteiger partial charge on any atom is -0.377 e. The van der Waals surface area contributed by atoms with Crippen LogP contribution in [0, 0.1) is 5.41 Å². The molecular formula is C11H21NO2. The summed E-state index contributed by atoms with van der Waals surface area (Å²) < 4.78 is 5.50. The molecule has 1 rings (SSSR count). The lowest BCUT2D eigenvalue weighted by Gasteiger charge is -2.31. The molecule has 2 atom stereocenters. The summed E-state index contributed by atoms with van der Waals surface area (Å²) in [4.78, 5) is 13.0. The van der Waals surface area contributed by atoms with Gasteiger partial charge in [0.1, 0.15) is 6.29 Å². The van der Waals surface area contributed by atoms with Gasteiger partial charge in [-0.1, -0.05) is 13.8 Å². The predicted molar refractivity (Wildman–Crippen MR) is 56.3 cm³/mol. The average molecular weight is 199 g/mol. The van der Waals surface area contributed by atoms with Crippen molar-refractivity contribution in [3.8, 4) is 0 Å². The fraction of sp³-hybridized carbons (Fsp3) is 0.909. The third-order valence-corrected chi connectivity index (χ3v) is 2.88. The van der Waals surface area contributed by atoms with Gasteiger partial charge in [0.05, 0.1) is 6.10 Å². The minimum atomic E-state index is -0.253. The number of ether oxygens (including phenoxy) is 1. The summed E-state index contributed by atoms with van der Waals surface area (Å²) in [7, 11) is 2.07. The molecule has 1 saturated heterocycles. The van der Waals surface area contributed by atoms with E-state index in [0.717, 1.165) is 25.9 Å². The van der Waals surface area contributed by atoms with Crippen LogP contribution in [0.3, 0.4) is 0 Å². The van der Waals surface area contributed by atoms with Gasteiger partial charge >= 0.3 is 0 Å². The molecule has 0 aromatic heterocycles. The molecular weight excluding hydrogens is 178 g/mol. The summed E-state index contributed by atoms with van der Waals surface area (Å²) in [6.45, 7) is 7.68. The van der Waals surface area contributed by atoms with E-state index in [1.54, 1.807) is 0 Å². The van der Waals surface area contributed by atoms with Crippen LogP contribution < -0.4 is 0 Å². The number of hydrogen-bond donors (Lipinski definition) is 0. The van der Waals surface area contributed by atoms with Gasteiger partial charge in [-0.2, -0.15) is 0 Å². The van der Waals surface area contributed by atoms with Crippen molar-refractivity contribution in [2.75, 3.05) is 20.2 Å². The summed E-state index contributed by atoms with van der Waals surface area (Å²) >= 11 is 0. The van der Waals surface area contributed by atoms with Gasteiger partial charge in [0.25, 0.3) is 0 Å². The largest absolute Gasteiger partial charge is 0.377 e. The molecule has 82 valence electrons. The lowest BCUT2D eigenvalue weighted by atomic mass is 9.94. The number of hydrogen-bond acceptors (Lipinski definition) is 3. The van der Waals surface area contributed by atoms with Gasteiger partial charge in [-0.3, -0.25) is 4.90 Å². The molecule has 14 heavy (non-hydrogen) atoms. The maximum atomic E-state index is 10.8. The maximum Gasteiger partial charge on any atom is 0.126 e. The second-order valence-electron chi connectivity index (χ2n) is 4.95. The van der Waals surface area contributed by atoms with Crippen LogP contribution in [0.5, 0.6) is 0 Å². The second-order valence-corrected chi connectivity index (χ2v) is 4.95. The molecule has 0 aromatic rings. The molecule has 1 fully saturated rings. The van der Waals surface area contributed by atoms with Crippen molar-refractivity contribution >= 4 is 6.29 Å². The van der Waals surface area contributed by atoms with Gasteiger partial charge < -0.3 is 9.53 Å². The molecule has 0 aromatic carbocycles. The van der Waals surface area contributed by atoms with E-state index in [1.165, 1.54) is 0 Å². The summed E-state index contributed by atoms with van der Waals surface area (Å²) in [5.41, 5.74) is -0.253. The zero-order valence-electron chi connectivity index (χ0n) is 9.62. The predicted octanol–water partition coefficient (Wildman–Crippen LogP) is 1.32. The molecule has 0 N–H and O–H groups in total. The smallest absolute Gasteiger partial charge is 0.126 e. The Morgan fingerprint density at radius 1 is 1.57 bits per heavy atom. The topological polar surface area (TPSA) is 29.5 Å². The Morgan fingerprint density at radius 2 is 2.21 bits per heavy atom. The first-order valence-electron chi connectivity index (χ1n) is 5.24. The van der Waals surface area contributed by atoms with E-state index in [1.807, 2.05) is 13.8 Å². The van der Waals surface area contributed by atoms with Crippen molar-refractivity contribution in [3.63, 3.8) is 0 Å². The molecule has 1 heterocycles. The van der Waals surface area contributed by atoms with Crippen molar-refractivity contribution in [2.24, 2.45) is 5.41 Å². The highest BCUT2D eigenvalue weighted by Gasteiger charge is 2.30. The summed E-state index contributed by atoms with van der Waals surface area (Å²) in [6, 6.07) is 0.467.